The summed E-state index contributed by atoms with van der Waals surface area (Å²) in [6.45, 7) is 5.79. The first kappa shape index (κ1) is 23.0. The molecule has 0 unspecified atom stereocenters. The van der Waals surface area contributed by atoms with Crippen molar-refractivity contribution < 1.29 is 34.2 Å². The molecule has 2 aromatic rings. The van der Waals surface area contributed by atoms with Gasteiger partial charge in [0.2, 0.25) is 6.79 Å². The van der Waals surface area contributed by atoms with Crippen molar-refractivity contribution in [3.63, 3.8) is 0 Å². The lowest BCUT2D eigenvalue weighted by atomic mass is 10.1. The van der Waals surface area contributed by atoms with Crippen LogP contribution in [0, 0.1) is 10.1 Å². The second-order valence-electron chi connectivity index (χ2n) is 7.28. The molecule has 2 aliphatic heterocycles. The zero-order valence-corrected chi connectivity index (χ0v) is 17.2. The lowest BCUT2D eigenvalue weighted by molar-refractivity contribution is -0.384. The Labute approximate surface area is 183 Å². The van der Waals surface area contributed by atoms with Crippen LogP contribution >= 0.6 is 0 Å². The summed E-state index contributed by atoms with van der Waals surface area (Å²) in [5, 5.41) is 25.7. The Kier molecular flexibility index (Phi) is 7.58. The molecule has 0 amide bonds. The van der Waals surface area contributed by atoms with Gasteiger partial charge in [0.15, 0.2) is 11.5 Å². The highest BCUT2D eigenvalue weighted by Gasteiger charge is 2.19. The molecule has 11 nitrogen and oxygen atoms in total. The number of ether oxygens (including phenoxy) is 2. The van der Waals surface area contributed by atoms with Crippen molar-refractivity contribution in [3.8, 4) is 11.5 Å². The van der Waals surface area contributed by atoms with Crippen LogP contribution in [0.5, 0.6) is 11.5 Å². The van der Waals surface area contributed by atoms with Crippen molar-refractivity contribution in [1.82, 2.24) is 9.80 Å². The summed E-state index contributed by atoms with van der Waals surface area (Å²) in [5.41, 5.74) is 2.37. The molecule has 4 rings (SSSR count). The maximum Gasteiger partial charge on any atom is 0.414 e. The van der Waals surface area contributed by atoms with E-state index in [-0.39, 0.29) is 10.6 Å². The third-order valence-corrected chi connectivity index (χ3v) is 5.02. The molecule has 2 heterocycles. The summed E-state index contributed by atoms with van der Waals surface area (Å²) in [6, 6.07) is 13.0. The Balaban J connectivity index is 0.000000427. The Morgan fingerprint density at radius 3 is 2.00 bits per heavy atom. The smallest absolute Gasteiger partial charge is 0.414 e. The van der Waals surface area contributed by atoms with Gasteiger partial charge >= 0.3 is 11.9 Å². The third kappa shape index (κ3) is 6.40. The van der Waals surface area contributed by atoms with Gasteiger partial charge in [0, 0.05) is 51.4 Å². The number of non-ortho nitro benzene ring substituents is 1. The summed E-state index contributed by atoms with van der Waals surface area (Å²) < 4.78 is 10.8. The van der Waals surface area contributed by atoms with Gasteiger partial charge in [-0.25, -0.2) is 9.59 Å². The maximum atomic E-state index is 10.9. The number of nitro benzene ring substituents is 1. The number of carboxylic acid groups (broad SMARTS) is 2. The molecule has 0 bridgehead atoms. The molecule has 32 heavy (non-hydrogen) atoms. The number of hydrogen-bond donors (Lipinski definition) is 2. The molecular weight excluding hydrogens is 422 g/mol. The fourth-order valence-electron chi connectivity index (χ4n) is 3.43. The summed E-state index contributed by atoms with van der Waals surface area (Å²) in [6.07, 6.45) is 0. The number of rotatable bonds is 5. The predicted octanol–water partition coefficient (Wildman–Crippen LogP) is 1.80. The molecule has 0 aliphatic carbocycles. The van der Waals surface area contributed by atoms with Crippen LogP contribution in [-0.2, 0) is 22.7 Å². The van der Waals surface area contributed by atoms with Crippen molar-refractivity contribution in [2.24, 2.45) is 0 Å². The predicted molar refractivity (Wildman–Crippen MR) is 111 cm³/mol. The number of hydrogen-bond acceptors (Lipinski definition) is 8. The van der Waals surface area contributed by atoms with E-state index >= 15 is 0 Å². The molecule has 1 saturated heterocycles. The molecular formula is C21H23N3O8. The molecule has 11 heteroatoms. The monoisotopic (exact) mass is 445 g/mol. The first-order chi connectivity index (χ1) is 15.3. The highest BCUT2D eigenvalue weighted by atomic mass is 16.7. The number of nitro groups is 1. The van der Waals surface area contributed by atoms with Gasteiger partial charge in [-0.15, -0.1) is 0 Å². The number of fused-ring (bicyclic) bond motifs is 1. The molecule has 0 atom stereocenters. The van der Waals surface area contributed by atoms with Gasteiger partial charge < -0.3 is 19.7 Å². The minimum Gasteiger partial charge on any atom is -0.473 e. The number of carbonyl (C=O) groups is 2. The molecule has 2 N–H and O–H groups in total. The molecule has 2 aliphatic rings. The first-order valence-electron chi connectivity index (χ1n) is 9.84. The highest BCUT2D eigenvalue weighted by Crippen LogP contribution is 2.32. The standard InChI is InChI=1S/C19H21N3O4.C2H2O4/c23-22(24)17-3-1-2-15(10-17)12-20-6-8-21(9-7-20)13-16-4-5-18-19(11-16)26-14-25-18;3-1(4)2(5)6/h1-5,10-11H,6-9,12-14H2;(H,3,4)(H,5,6). The SMILES string of the molecule is O=C(O)C(=O)O.O=[N+]([O-])c1cccc(CN2CCN(Cc3ccc4c(c3)OCO4)CC2)c1. The van der Waals surface area contributed by atoms with Crippen LogP contribution in [0.15, 0.2) is 42.5 Å². The van der Waals surface area contributed by atoms with Crippen molar-refractivity contribution in [1.29, 1.82) is 0 Å². The van der Waals surface area contributed by atoms with Crippen LogP contribution in [0.1, 0.15) is 11.1 Å². The third-order valence-electron chi connectivity index (χ3n) is 5.02. The molecule has 0 radical (unpaired) electrons. The number of nitrogens with zero attached hydrogens (tertiary/aromatic N) is 3. The summed E-state index contributed by atoms with van der Waals surface area (Å²) >= 11 is 0. The van der Waals surface area contributed by atoms with Gasteiger partial charge in [0.1, 0.15) is 0 Å². The van der Waals surface area contributed by atoms with Gasteiger partial charge in [-0.1, -0.05) is 18.2 Å². The Morgan fingerprint density at radius 1 is 0.875 bits per heavy atom. The van der Waals surface area contributed by atoms with Gasteiger partial charge in [0.25, 0.3) is 5.69 Å². The van der Waals surface area contributed by atoms with Crippen LogP contribution in [-0.4, -0.2) is 69.8 Å². The summed E-state index contributed by atoms with van der Waals surface area (Å²) in [7, 11) is 0. The lowest BCUT2D eigenvalue weighted by Gasteiger charge is -2.34. The quantitative estimate of drug-likeness (QED) is 0.397. The minimum absolute atomic E-state index is 0.156. The summed E-state index contributed by atoms with van der Waals surface area (Å²) in [4.78, 5) is 33.5. The fraction of sp³-hybridized carbons (Fsp3) is 0.333. The fourth-order valence-corrected chi connectivity index (χ4v) is 3.43. The topological polar surface area (TPSA) is 143 Å². The number of piperazine rings is 1. The van der Waals surface area contributed by atoms with Crippen molar-refractivity contribution in [2.45, 2.75) is 13.1 Å². The van der Waals surface area contributed by atoms with Gasteiger partial charge in [-0.3, -0.25) is 19.9 Å². The average Bonchev–Trinajstić information content (AvgIpc) is 3.23. The van der Waals surface area contributed by atoms with E-state index in [4.69, 9.17) is 29.3 Å². The van der Waals surface area contributed by atoms with E-state index in [1.807, 2.05) is 12.1 Å². The van der Waals surface area contributed by atoms with E-state index in [9.17, 15) is 10.1 Å². The van der Waals surface area contributed by atoms with Gasteiger partial charge in [-0.2, -0.15) is 0 Å². The molecule has 0 saturated carbocycles. The van der Waals surface area contributed by atoms with Gasteiger partial charge in [-0.05, 0) is 23.3 Å². The van der Waals surface area contributed by atoms with Gasteiger partial charge in [0.05, 0.1) is 4.92 Å². The summed E-state index contributed by atoms with van der Waals surface area (Å²) in [5.74, 6) is -2.01. The number of benzene rings is 2. The Hall–Kier alpha value is -3.70. The molecule has 170 valence electrons. The first-order valence-corrected chi connectivity index (χ1v) is 9.84. The zero-order valence-electron chi connectivity index (χ0n) is 17.2. The molecule has 0 aromatic heterocycles. The van der Waals surface area contributed by atoms with E-state index in [1.54, 1.807) is 12.1 Å². The largest absolute Gasteiger partial charge is 0.473 e. The Morgan fingerprint density at radius 2 is 1.44 bits per heavy atom. The van der Waals surface area contributed by atoms with E-state index in [0.29, 0.717) is 6.79 Å². The highest BCUT2D eigenvalue weighted by molar-refractivity contribution is 6.27. The van der Waals surface area contributed by atoms with Crippen LogP contribution in [0.3, 0.4) is 0 Å². The van der Waals surface area contributed by atoms with E-state index in [2.05, 4.69) is 21.9 Å². The Bertz CT molecular complexity index is 977. The maximum absolute atomic E-state index is 10.9. The normalized spacial score (nSPS) is 15.5. The lowest BCUT2D eigenvalue weighted by Crippen LogP contribution is -2.45. The van der Waals surface area contributed by atoms with Crippen LogP contribution < -0.4 is 9.47 Å². The van der Waals surface area contributed by atoms with Crippen molar-refractivity contribution in [3.05, 3.63) is 63.7 Å². The molecule has 1 fully saturated rings. The second-order valence-corrected chi connectivity index (χ2v) is 7.28. The van der Waals surface area contributed by atoms with Crippen LogP contribution in [0.2, 0.25) is 0 Å². The van der Waals surface area contributed by atoms with Crippen LogP contribution in [0.25, 0.3) is 0 Å². The molecule has 0 spiro atoms. The van der Waals surface area contributed by atoms with E-state index in [1.165, 1.54) is 11.6 Å². The number of aliphatic carboxylic acids is 2. The molecule has 2 aromatic carbocycles. The van der Waals surface area contributed by atoms with Crippen LogP contribution in [0.4, 0.5) is 5.69 Å². The minimum atomic E-state index is -1.82. The number of carboxylic acids is 2. The average molecular weight is 445 g/mol. The van der Waals surface area contributed by atoms with Crippen molar-refractivity contribution in [2.75, 3.05) is 33.0 Å². The second kappa shape index (κ2) is 10.6. The van der Waals surface area contributed by atoms with E-state index < -0.39 is 11.9 Å². The van der Waals surface area contributed by atoms with E-state index in [0.717, 1.165) is 56.3 Å². The zero-order chi connectivity index (χ0) is 23.1. The van der Waals surface area contributed by atoms with Crippen molar-refractivity contribution >= 4 is 17.6 Å².